The lowest BCUT2D eigenvalue weighted by Gasteiger charge is -2.34. The van der Waals surface area contributed by atoms with Crippen molar-refractivity contribution in [2.75, 3.05) is 26.2 Å². The van der Waals surface area contributed by atoms with Crippen LogP contribution in [0.5, 0.6) is 0 Å². The lowest BCUT2D eigenvalue weighted by atomic mass is 10.1. The van der Waals surface area contributed by atoms with E-state index in [9.17, 15) is 4.79 Å². The van der Waals surface area contributed by atoms with Gasteiger partial charge in [-0.05, 0) is 18.2 Å². The van der Waals surface area contributed by atoms with Gasteiger partial charge in [-0.1, -0.05) is 54.1 Å². The average Bonchev–Trinajstić information content (AvgIpc) is 3.47. The Kier molecular flexibility index (Phi) is 6.26. The molecule has 1 saturated heterocycles. The molecule has 3 heterocycles. The molecule has 0 radical (unpaired) electrons. The monoisotopic (exact) mass is 477 g/mol. The smallest absolute Gasteiger partial charge is 0.272 e. The number of benzene rings is 2. The SMILES string of the molecule is Cn1nc(-c2ccccc2)cc1C(=O)N1CCN(Cc2nc(-c3ccc(Cl)cc3)cs2)CC1. The van der Waals surface area contributed by atoms with Gasteiger partial charge in [0.1, 0.15) is 10.7 Å². The summed E-state index contributed by atoms with van der Waals surface area (Å²) in [4.78, 5) is 22.2. The topological polar surface area (TPSA) is 54.3 Å². The number of hydrogen-bond acceptors (Lipinski definition) is 5. The molecule has 8 heteroatoms. The zero-order valence-electron chi connectivity index (χ0n) is 18.3. The van der Waals surface area contributed by atoms with E-state index in [1.807, 2.05) is 72.6 Å². The molecule has 6 nitrogen and oxygen atoms in total. The highest BCUT2D eigenvalue weighted by Gasteiger charge is 2.25. The van der Waals surface area contributed by atoms with E-state index >= 15 is 0 Å². The summed E-state index contributed by atoms with van der Waals surface area (Å²) in [6.45, 7) is 3.83. The van der Waals surface area contributed by atoms with E-state index in [1.165, 1.54) is 0 Å². The van der Waals surface area contributed by atoms with Crippen molar-refractivity contribution in [1.82, 2.24) is 24.6 Å². The van der Waals surface area contributed by atoms with Crippen LogP contribution in [0.3, 0.4) is 0 Å². The Bertz CT molecular complexity index is 1240. The van der Waals surface area contributed by atoms with Crippen LogP contribution in [0, 0.1) is 0 Å². The Morgan fingerprint density at radius 1 is 0.970 bits per heavy atom. The summed E-state index contributed by atoms with van der Waals surface area (Å²) >= 11 is 7.66. The van der Waals surface area contributed by atoms with Crippen LogP contribution in [0.1, 0.15) is 15.5 Å². The van der Waals surface area contributed by atoms with Gasteiger partial charge in [0.25, 0.3) is 5.91 Å². The van der Waals surface area contributed by atoms with Gasteiger partial charge in [0, 0.05) is 54.8 Å². The quantitative estimate of drug-likeness (QED) is 0.413. The zero-order chi connectivity index (χ0) is 22.8. The fraction of sp³-hybridized carbons (Fsp3) is 0.240. The molecule has 33 heavy (non-hydrogen) atoms. The molecule has 2 aromatic carbocycles. The number of thiazole rings is 1. The van der Waals surface area contributed by atoms with Crippen LogP contribution in [-0.2, 0) is 13.6 Å². The van der Waals surface area contributed by atoms with Crippen LogP contribution >= 0.6 is 22.9 Å². The van der Waals surface area contributed by atoms with E-state index in [4.69, 9.17) is 16.6 Å². The standard InChI is InChI=1S/C25H24ClN5OS/c1-29-23(15-21(28-29)18-5-3-2-4-6-18)25(32)31-13-11-30(12-14-31)16-24-27-22(17-33-24)19-7-9-20(26)10-8-19/h2-10,15,17H,11-14,16H2,1H3. The molecule has 5 rings (SSSR count). The van der Waals surface area contributed by atoms with E-state index in [1.54, 1.807) is 16.0 Å². The summed E-state index contributed by atoms with van der Waals surface area (Å²) in [5, 5.41) is 8.44. The van der Waals surface area contributed by atoms with Crippen molar-refractivity contribution in [3.05, 3.63) is 81.8 Å². The van der Waals surface area contributed by atoms with Crippen molar-refractivity contribution in [2.45, 2.75) is 6.54 Å². The highest BCUT2D eigenvalue weighted by atomic mass is 35.5. The fourth-order valence-corrected chi connectivity index (χ4v) is 4.99. The summed E-state index contributed by atoms with van der Waals surface area (Å²) in [6, 6.07) is 19.6. The van der Waals surface area contributed by atoms with Crippen LogP contribution in [0.25, 0.3) is 22.5 Å². The summed E-state index contributed by atoms with van der Waals surface area (Å²) in [6.07, 6.45) is 0. The predicted octanol–water partition coefficient (Wildman–Crippen LogP) is 4.82. The Balaban J connectivity index is 1.19. The van der Waals surface area contributed by atoms with Crippen LogP contribution in [0.4, 0.5) is 0 Å². The average molecular weight is 478 g/mol. The second kappa shape index (κ2) is 9.47. The summed E-state index contributed by atoms with van der Waals surface area (Å²) in [5.74, 6) is 0.0334. The van der Waals surface area contributed by atoms with E-state index in [0.29, 0.717) is 18.8 Å². The molecule has 1 fully saturated rings. The Labute approximate surface area is 202 Å². The minimum Gasteiger partial charge on any atom is -0.335 e. The van der Waals surface area contributed by atoms with Gasteiger partial charge in [-0.2, -0.15) is 5.10 Å². The van der Waals surface area contributed by atoms with E-state index in [-0.39, 0.29) is 5.91 Å². The van der Waals surface area contributed by atoms with Crippen molar-refractivity contribution in [3.63, 3.8) is 0 Å². The number of rotatable bonds is 5. The van der Waals surface area contributed by atoms with E-state index in [0.717, 1.165) is 52.2 Å². The predicted molar refractivity (Wildman–Crippen MR) is 132 cm³/mol. The minimum absolute atomic E-state index is 0.0334. The first-order chi connectivity index (χ1) is 16.1. The molecule has 1 aliphatic rings. The van der Waals surface area contributed by atoms with Gasteiger partial charge in [0.2, 0.25) is 0 Å². The van der Waals surface area contributed by atoms with Crippen LogP contribution in [0.15, 0.2) is 66.0 Å². The largest absolute Gasteiger partial charge is 0.335 e. The maximum atomic E-state index is 13.1. The minimum atomic E-state index is 0.0334. The first-order valence-corrected chi connectivity index (χ1v) is 12.1. The molecule has 0 bridgehead atoms. The van der Waals surface area contributed by atoms with Crippen molar-refractivity contribution < 1.29 is 4.79 Å². The lowest BCUT2D eigenvalue weighted by Crippen LogP contribution is -2.48. The number of nitrogens with zero attached hydrogens (tertiary/aromatic N) is 5. The third-order valence-electron chi connectivity index (χ3n) is 5.88. The molecule has 2 aromatic heterocycles. The third kappa shape index (κ3) is 4.85. The molecule has 1 aliphatic heterocycles. The molecule has 0 N–H and O–H groups in total. The summed E-state index contributed by atoms with van der Waals surface area (Å²) in [5.41, 5.74) is 4.50. The number of carbonyl (C=O) groups is 1. The van der Waals surface area contributed by atoms with Crippen LogP contribution < -0.4 is 0 Å². The normalized spacial score (nSPS) is 14.5. The Morgan fingerprint density at radius 3 is 2.39 bits per heavy atom. The van der Waals surface area contributed by atoms with Crippen LogP contribution in [-0.4, -0.2) is 56.7 Å². The molecule has 0 aliphatic carbocycles. The summed E-state index contributed by atoms with van der Waals surface area (Å²) in [7, 11) is 1.83. The van der Waals surface area contributed by atoms with Crippen molar-refractivity contribution in [3.8, 4) is 22.5 Å². The molecule has 168 valence electrons. The second-order valence-electron chi connectivity index (χ2n) is 8.11. The molecule has 4 aromatic rings. The molecular formula is C25H24ClN5OS. The number of aryl methyl sites for hydroxylation is 1. The van der Waals surface area contributed by atoms with Crippen LogP contribution in [0.2, 0.25) is 5.02 Å². The van der Waals surface area contributed by atoms with Gasteiger partial charge in [-0.3, -0.25) is 14.4 Å². The maximum absolute atomic E-state index is 13.1. The maximum Gasteiger partial charge on any atom is 0.272 e. The lowest BCUT2D eigenvalue weighted by molar-refractivity contribution is 0.0617. The highest BCUT2D eigenvalue weighted by molar-refractivity contribution is 7.09. The first-order valence-electron chi connectivity index (χ1n) is 10.9. The molecule has 0 spiro atoms. The molecule has 0 saturated carbocycles. The summed E-state index contributed by atoms with van der Waals surface area (Å²) < 4.78 is 1.69. The number of aromatic nitrogens is 3. The number of amides is 1. The van der Waals surface area contributed by atoms with Gasteiger partial charge >= 0.3 is 0 Å². The van der Waals surface area contributed by atoms with Crippen molar-refractivity contribution >= 4 is 28.8 Å². The van der Waals surface area contributed by atoms with Gasteiger partial charge in [0.05, 0.1) is 17.9 Å². The number of halogens is 1. The zero-order valence-corrected chi connectivity index (χ0v) is 19.9. The third-order valence-corrected chi connectivity index (χ3v) is 6.96. The van der Waals surface area contributed by atoms with Crippen molar-refractivity contribution in [2.24, 2.45) is 7.05 Å². The van der Waals surface area contributed by atoms with E-state index < -0.39 is 0 Å². The number of hydrogen-bond donors (Lipinski definition) is 0. The molecule has 0 atom stereocenters. The Morgan fingerprint density at radius 2 is 1.67 bits per heavy atom. The Hall–Kier alpha value is -3.00. The highest BCUT2D eigenvalue weighted by Crippen LogP contribution is 2.25. The van der Waals surface area contributed by atoms with Gasteiger partial charge in [0.15, 0.2) is 0 Å². The second-order valence-corrected chi connectivity index (χ2v) is 9.49. The fourth-order valence-electron chi connectivity index (χ4n) is 4.02. The van der Waals surface area contributed by atoms with E-state index in [2.05, 4.69) is 15.4 Å². The first kappa shape index (κ1) is 21.8. The molecule has 0 unspecified atom stereocenters. The number of carbonyl (C=O) groups excluding carboxylic acids is 1. The van der Waals surface area contributed by atoms with Gasteiger partial charge < -0.3 is 4.90 Å². The van der Waals surface area contributed by atoms with Crippen molar-refractivity contribution in [1.29, 1.82) is 0 Å². The van der Waals surface area contributed by atoms with Gasteiger partial charge in [-0.15, -0.1) is 11.3 Å². The molecular weight excluding hydrogens is 454 g/mol. The van der Waals surface area contributed by atoms with Gasteiger partial charge in [-0.25, -0.2) is 4.98 Å². The molecule has 1 amide bonds. The number of piperazine rings is 1.